The molecular formula is C25H23ClN6O4. The van der Waals surface area contributed by atoms with Crippen LogP contribution in [0.1, 0.15) is 12.8 Å². The lowest BCUT2D eigenvalue weighted by atomic mass is 10.1. The maximum Gasteiger partial charge on any atom is 0.266 e. The Morgan fingerprint density at radius 2 is 1.94 bits per heavy atom. The third kappa shape index (κ3) is 4.34. The molecule has 2 aromatic carbocycles. The number of carbonyl (C=O) groups is 1. The number of anilines is 3. The minimum absolute atomic E-state index is 0.0400. The molecule has 0 bridgehead atoms. The summed E-state index contributed by atoms with van der Waals surface area (Å²) in [7, 11) is 5.36. The van der Waals surface area contributed by atoms with Crippen molar-refractivity contribution in [3.8, 4) is 23.3 Å². The summed E-state index contributed by atoms with van der Waals surface area (Å²) in [4.78, 5) is 23.8. The van der Waals surface area contributed by atoms with Crippen LogP contribution in [0.5, 0.6) is 17.2 Å². The van der Waals surface area contributed by atoms with Crippen molar-refractivity contribution in [3.63, 3.8) is 0 Å². The molecule has 36 heavy (non-hydrogen) atoms. The molecule has 0 unspecified atom stereocenters. The second-order valence-electron chi connectivity index (χ2n) is 8.72. The second-order valence-corrected chi connectivity index (χ2v) is 9.13. The summed E-state index contributed by atoms with van der Waals surface area (Å²) in [5.41, 5.74) is 1.30. The molecule has 1 aliphatic carbocycles. The van der Waals surface area contributed by atoms with Crippen LogP contribution in [-0.4, -0.2) is 54.3 Å². The van der Waals surface area contributed by atoms with Gasteiger partial charge < -0.3 is 29.7 Å². The first-order valence-corrected chi connectivity index (χ1v) is 11.5. The fourth-order valence-electron chi connectivity index (χ4n) is 4.05. The van der Waals surface area contributed by atoms with Crippen LogP contribution in [0, 0.1) is 11.3 Å². The molecule has 0 spiro atoms. The first kappa shape index (κ1) is 23.7. The predicted octanol–water partition coefficient (Wildman–Crippen LogP) is 4.25. The largest absolute Gasteiger partial charge is 0.494 e. The molecule has 3 aromatic rings. The van der Waals surface area contributed by atoms with Gasteiger partial charge in [-0.3, -0.25) is 4.79 Å². The Kier molecular flexibility index (Phi) is 6.04. The van der Waals surface area contributed by atoms with E-state index in [2.05, 4.69) is 20.6 Å². The topological polar surface area (TPSA) is 122 Å². The smallest absolute Gasteiger partial charge is 0.266 e. The van der Waals surface area contributed by atoms with Crippen LogP contribution in [0.25, 0.3) is 10.9 Å². The number of hydrogen-bond donors (Lipinski definition) is 2. The second kappa shape index (κ2) is 9.18. The number of methoxy groups -OCH3 is 1. The van der Waals surface area contributed by atoms with E-state index in [4.69, 9.17) is 25.8 Å². The van der Waals surface area contributed by atoms with Gasteiger partial charge in [-0.05, 0) is 39.1 Å². The lowest BCUT2D eigenvalue weighted by Crippen LogP contribution is -2.29. The average molecular weight is 507 g/mol. The van der Waals surface area contributed by atoms with Crippen molar-refractivity contribution in [2.45, 2.75) is 18.4 Å². The van der Waals surface area contributed by atoms with Gasteiger partial charge in [-0.2, -0.15) is 5.26 Å². The Morgan fingerprint density at radius 1 is 1.19 bits per heavy atom. The summed E-state index contributed by atoms with van der Waals surface area (Å²) in [6, 6.07) is 8.81. The zero-order valence-electron chi connectivity index (χ0n) is 19.9. The van der Waals surface area contributed by atoms with E-state index in [1.54, 1.807) is 30.3 Å². The predicted molar refractivity (Wildman–Crippen MR) is 135 cm³/mol. The van der Waals surface area contributed by atoms with Gasteiger partial charge in [0.1, 0.15) is 29.5 Å². The highest BCUT2D eigenvalue weighted by Gasteiger charge is 2.43. The number of rotatable bonds is 7. The van der Waals surface area contributed by atoms with Crippen LogP contribution < -0.4 is 24.8 Å². The van der Waals surface area contributed by atoms with Crippen molar-refractivity contribution < 1.29 is 19.0 Å². The number of nitrogens with one attached hydrogen (secondary N) is 2. The Labute approximate surface area is 212 Å². The lowest BCUT2D eigenvalue weighted by molar-refractivity contribution is -0.112. The molecule has 0 atom stereocenters. The molecule has 5 rings (SSSR count). The van der Waals surface area contributed by atoms with Gasteiger partial charge in [-0.15, -0.1) is 0 Å². The molecule has 184 valence electrons. The molecule has 1 aromatic heterocycles. The van der Waals surface area contributed by atoms with Gasteiger partial charge in [-0.25, -0.2) is 9.97 Å². The Bertz CT molecular complexity index is 1440. The Morgan fingerprint density at radius 3 is 2.61 bits per heavy atom. The maximum absolute atomic E-state index is 13.0. The Balaban J connectivity index is 1.49. The molecule has 1 amide bonds. The fourth-order valence-corrected chi connectivity index (χ4v) is 4.25. The maximum atomic E-state index is 13.0. The molecule has 1 saturated carbocycles. The van der Waals surface area contributed by atoms with Gasteiger partial charge in [-0.1, -0.05) is 11.6 Å². The van der Waals surface area contributed by atoms with Crippen LogP contribution in [0.15, 0.2) is 42.2 Å². The van der Waals surface area contributed by atoms with E-state index >= 15 is 0 Å². The van der Waals surface area contributed by atoms with Gasteiger partial charge in [0.25, 0.3) is 5.91 Å². The van der Waals surface area contributed by atoms with Crippen molar-refractivity contribution in [3.05, 3.63) is 47.3 Å². The SMILES string of the molecule is COc1cc2ncnc(Nc3cc4c(cc3Cl)OCO4)c2cc1NC(=O)/C(C#N)=C/C1(N(C)C)CC1. The highest BCUT2D eigenvalue weighted by Crippen LogP contribution is 2.43. The number of nitrogens with zero attached hydrogens (tertiary/aromatic N) is 4. The molecule has 2 N–H and O–H groups in total. The zero-order chi connectivity index (χ0) is 25.4. The minimum Gasteiger partial charge on any atom is -0.494 e. The molecule has 2 heterocycles. The number of likely N-dealkylation sites (N-methyl/N-ethyl adjacent to an activating group) is 1. The van der Waals surface area contributed by atoms with Crippen LogP contribution in [0.2, 0.25) is 5.02 Å². The number of benzene rings is 2. The molecule has 10 nitrogen and oxygen atoms in total. The summed E-state index contributed by atoms with van der Waals surface area (Å²) in [5.74, 6) is 1.47. The van der Waals surface area contributed by atoms with Crippen molar-refractivity contribution in [1.29, 1.82) is 5.26 Å². The molecule has 1 aliphatic heterocycles. The zero-order valence-corrected chi connectivity index (χ0v) is 20.6. The molecule has 1 fully saturated rings. The highest BCUT2D eigenvalue weighted by atomic mass is 35.5. The minimum atomic E-state index is -0.520. The van der Waals surface area contributed by atoms with Gasteiger partial charge >= 0.3 is 0 Å². The fraction of sp³-hybridized carbons (Fsp3) is 0.280. The molecule has 11 heteroatoms. The number of aromatic nitrogens is 2. The van der Waals surface area contributed by atoms with E-state index < -0.39 is 5.91 Å². The van der Waals surface area contributed by atoms with Gasteiger partial charge in [0.2, 0.25) is 6.79 Å². The number of hydrogen-bond acceptors (Lipinski definition) is 9. The van der Waals surface area contributed by atoms with E-state index in [9.17, 15) is 10.1 Å². The van der Waals surface area contributed by atoms with E-state index in [1.807, 2.05) is 25.1 Å². The van der Waals surface area contributed by atoms with Crippen molar-refractivity contribution in [1.82, 2.24) is 14.9 Å². The molecule has 0 saturated heterocycles. The molecular weight excluding hydrogens is 484 g/mol. The summed E-state index contributed by atoms with van der Waals surface area (Å²) < 4.78 is 16.3. The summed E-state index contributed by atoms with van der Waals surface area (Å²) in [6.45, 7) is 0.128. The number of carbonyl (C=O) groups excluding carboxylic acids is 1. The van der Waals surface area contributed by atoms with Crippen molar-refractivity contribution >= 4 is 45.6 Å². The van der Waals surface area contributed by atoms with Crippen LogP contribution >= 0.6 is 11.6 Å². The van der Waals surface area contributed by atoms with E-state index in [0.717, 1.165) is 12.8 Å². The third-order valence-corrected chi connectivity index (χ3v) is 6.66. The van der Waals surface area contributed by atoms with Crippen LogP contribution in [0.4, 0.5) is 17.2 Å². The summed E-state index contributed by atoms with van der Waals surface area (Å²) >= 11 is 6.43. The molecule has 0 radical (unpaired) electrons. The van der Waals surface area contributed by atoms with Crippen LogP contribution in [-0.2, 0) is 4.79 Å². The van der Waals surface area contributed by atoms with Gasteiger partial charge in [0.15, 0.2) is 11.5 Å². The molecule has 2 aliphatic rings. The van der Waals surface area contributed by atoms with E-state index in [0.29, 0.717) is 50.4 Å². The number of halogens is 1. The normalized spacial score (nSPS) is 15.5. The first-order chi connectivity index (χ1) is 17.3. The third-order valence-electron chi connectivity index (χ3n) is 6.35. The summed E-state index contributed by atoms with van der Waals surface area (Å²) in [6.07, 6.45) is 4.93. The lowest BCUT2D eigenvalue weighted by Gasteiger charge is -2.20. The quantitative estimate of drug-likeness (QED) is 0.357. The standard InChI is InChI=1S/C25H23ClN6O4/c1-32(2)25(4-5-25)10-14(11-27)24(33)31-19-6-15-17(8-20(19)34-3)28-12-29-23(15)30-18-9-22-21(7-16(18)26)35-13-36-22/h6-10,12H,4-5,13H2,1-3H3,(H,31,33)(H,28,29,30)/b14-10+. The van der Waals surface area contributed by atoms with Crippen LogP contribution in [0.3, 0.4) is 0 Å². The number of amides is 1. The number of ether oxygens (including phenoxy) is 3. The first-order valence-electron chi connectivity index (χ1n) is 11.1. The van der Waals surface area contributed by atoms with Gasteiger partial charge in [0.05, 0.1) is 29.0 Å². The average Bonchev–Trinajstić information content (AvgIpc) is 3.53. The van der Waals surface area contributed by atoms with E-state index in [1.165, 1.54) is 13.4 Å². The number of nitriles is 1. The highest BCUT2D eigenvalue weighted by molar-refractivity contribution is 6.33. The summed E-state index contributed by atoms with van der Waals surface area (Å²) in [5, 5.41) is 16.7. The van der Waals surface area contributed by atoms with Crippen molar-refractivity contribution in [2.75, 3.05) is 38.6 Å². The number of fused-ring (bicyclic) bond motifs is 2. The van der Waals surface area contributed by atoms with E-state index in [-0.39, 0.29) is 17.9 Å². The van der Waals surface area contributed by atoms with Crippen molar-refractivity contribution in [2.24, 2.45) is 0 Å². The van der Waals surface area contributed by atoms with Gasteiger partial charge in [0, 0.05) is 29.1 Å². The Hall–Kier alpha value is -4.07. The monoisotopic (exact) mass is 506 g/mol.